The van der Waals surface area contributed by atoms with E-state index >= 15 is 0 Å². The van der Waals surface area contributed by atoms with Crippen LogP contribution in [-0.2, 0) is 6.42 Å². The van der Waals surface area contributed by atoms with Gasteiger partial charge in [-0.1, -0.05) is 12.1 Å². The van der Waals surface area contributed by atoms with Crippen molar-refractivity contribution in [2.75, 3.05) is 6.54 Å². The molecule has 0 bridgehead atoms. The molecule has 0 amide bonds. The van der Waals surface area contributed by atoms with Gasteiger partial charge in [0.25, 0.3) is 0 Å². The number of aromatic nitrogens is 3. The highest BCUT2D eigenvalue weighted by molar-refractivity contribution is 9.10. The fourth-order valence-corrected chi connectivity index (χ4v) is 2.60. The van der Waals surface area contributed by atoms with Gasteiger partial charge in [-0.3, -0.25) is 0 Å². The van der Waals surface area contributed by atoms with Gasteiger partial charge in [-0.05, 0) is 46.7 Å². The highest BCUT2D eigenvalue weighted by Crippen LogP contribution is 2.22. The summed E-state index contributed by atoms with van der Waals surface area (Å²) in [6.07, 6.45) is 0.680. The van der Waals surface area contributed by atoms with Crippen molar-refractivity contribution in [3.63, 3.8) is 0 Å². The lowest BCUT2D eigenvalue weighted by Gasteiger charge is -2.02. The zero-order chi connectivity index (χ0) is 14.1. The van der Waals surface area contributed by atoms with Crippen LogP contribution in [0.5, 0.6) is 0 Å². The van der Waals surface area contributed by atoms with E-state index < -0.39 is 0 Å². The zero-order valence-electron chi connectivity index (χ0n) is 10.6. The highest BCUT2D eigenvalue weighted by atomic mass is 79.9. The maximum atomic E-state index is 13.3. The van der Waals surface area contributed by atoms with Gasteiger partial charge < -0.3 is 5.73 Å². The lowest BCUT2D eigenvalue weighted by Crippen LogP contribution is -2.03. The molecular formula is C14H12BrFN4. The molecule has 6 heteroatoms. The Bertz CT molecular complexity index is 769. The third-order valence-electron chi connectivity index (χ3n) is 2.99. The van der Waals surface area contributed by atoms with Crippen molar-refractivity contribution in [2.45, 2.75) is 6.42 Å². The van der Waals surface area contributed by atoms with E-state index in [4.69, 9.17) is 5.73 Å². The van der Waals surface area contributed by atoms with Crippen LogP contribution >= 0.6 is 15.9 Å². The second-order valence-electron chi connectivity index (χ2n) is 4.39. The number of halogens is 2. The molecule has 1 aromatic carbocycles. The average molecular weight is 335 g/mol. The molecule has 3 rings (SSSR count). The van der Waals surface area contributed by atoms with E-state index in [2.05, 4.69) is 26.0 Å². The van der Waals surface area contributed by atoms with E-state index in [0.717, 1.165) is 21.5 Å². The van der Waals surface area contributed by atoms with E-state index in [1.165, 1.54) is 12.1 Å². The molecule has 0 spiro atoms. The first-order chi connectivity index (χ1) is 9.69. The molecule has 3 aromatic rings. The Morgan fingerprint density at radius 3 is 2.85 bits per heavy atom. The second kappa shape index (κ2) is 5.30. The van der Waals surface area contributed by atoms with Gasteiger partial charge in [0.2, 0.25) is 0 Å². The minimum atomic E-state index is -0.280. The highest BCUT2D eigenvalue weighted by Gasteiger charge is 2.11. The Kier molecular flexibility index (Phi) is 3.50. The van der Waals surface area contributed by atoms with E-state index in [-0.39, 0.29) is 5.82 Å². The second-order valence-corrected chi connectivity index (χ2v) is 5.14. The molecule has 0 aliphatic carbocycles. The summed E-state index contributed by atoms with van der Waals surface area (Å²) >= 11 is 3.48. The Morgan fingerprint density at radius 1 is 1.25 bits per heavy atom. The molecule has 2 aromatic heterocycles. The molecule has 0 saturated heterocycles. The SMILES string of the molecule is NCCc1nc2ccc(-c3cccc(F)c3)nn2c1Br. The summed E-state index contributed by atoms with van der Waals surface area (Å²) in [6.45, 7) is 0.527. The van der Waals surface area contributed by atoms with Gasteiger partial charge in [0.05, 0.1) is 11.4 Å². The minimum absolute atomic E-state index is 0.280. The summed E-state index contributed by atoms with van der Waals surface area (Å²) < 4.78 is 15.8. The third-order valence-corrected chi connectivity index (χ3v) is 3.78. The van der Waals surface area contributed by atoms with Crippen molar-refractivity contribution >= 4 is 21.6 Å². The zero-order valence-corrected chi connectivity index (χ0v) is 12.1. The summed E-state index contributed by atoms with van der Waals surface area (Å²) in [5, 5.41) is 4.49. The van der Waals surface area contributed by atoms with Crippen LogP contribution in [0.3, 0.4) is 0 Å². The number of benzene rings is 1. The molecule has 2 heterocycles. The van der Waals surface area contributed by atoms with Crippen LogP contribution in [-0.4, -0.2) is 21.1 Å². The normalized spacial score (nSPS) is 11.2. The number of hydrogen-bond donors (Lipinski definition) is 1. The lowest BCUT2D eigenvalue weighted by molar-refractivity contribution is 0.628. The standard InChI is InChI=1S/C14H12BrFN4/c15-14-12(6-7-17)18-13-5-4-11(19-20(13)14)9-2-1-3-10(16)8-9/h1-5,8H,6-7,17H2. The van der Waals surface area contributed by atoms with Gasteiger partial charge in [-0.15, -0.1) is 0 Å². The maximum Gasteiger partial charge on any atom is 0.155 e. The average Bonchev–Trinajstić information content (AvgIpc) is 2.76. The molecule has 20 heavy (non-hydrogen) atoms. The monoisotopic (exact) mass is 334 g/mol. The van der Waals surface area contributed by atoms with Crippen molar-refractivity contribution < 1.29 is 4.39 Å². The first kappa shape index (κ1) is 13.2. The van der Waals surface area contributed by atoms with Crippen molar-refractivity contribution in [3.05, 3.63) is 52.5 Å². The van der Waals surface area contributed by atoms with Crippen LogP contribution in [0.4, 0.5) is 4.39 Å². The summed E-state index contributed by atoms with van der Waals surface area (Å²) in [5.41, 5.74) is 8.58. The minimum Gasteiger partial charge on any atom is -0.330 e. The quantitative estimate of drug-likeness (QED) is 0.801. The van der Waals surface area contributed by atoms with Crippen LogP contribution in [0.15, 0.2) is 41.0 Å². The van der Waals surface area contributed by atoms with E-state index in [9.17, 15) is 4.39 Å². The molecule has 0 unspecified atom stereocenters. The van der Waals surface area contributed by atoms with Gasteiger partial charge in [-0.2, -0.15) is 5.10 Å². The first-order valence-electron chi connectivity index (χ1n) is 6.19. The number of rotatable bonds is 3. The smallest absolute Gasteiger partial charge is 0.155 e. The number of nitrogens with zero attached hydrogens (tertiary/aromatic N) is 3. The van der Waals surface area contributed by atoms with Crippen molar-refractivity contribution in [3.8, 4) is 11.3 Å². The number of fused-ring (bicyclic) bond motifs is 1. The van der Waals surface area contributed by atoms with Crippen molar-refractivity contribution in [2.24, 2.45) is 5.73 Å². The van der Waals surface area contributed by atoms with Crippen LogP contribution < -0.4 is 5.73 Å². The first-order valence-corrected chi connectivity index (χ1v) is 6.98. The summed E-state index contributed by atoms with van der Waals surface area (Å²) in [4.78, 5) is 4.45. The van der Waals surface area contributed by atoms with Gasteiger partial charge in [0.1, 0.15) is 10.4 Å². The van der Waals surface area contributed by atoms with E-state index in [0.29, 0.717) is 18.7 Å². The molecule has 0 aliphatic heterocycles. The Balaban J connectivity index is 2.12. The van der Waals surface area contributed by atoms with Gasteiger partial charge in [0, 0.05) is 12.0 Å². The Hall–Kier alpha value is -1.79. The Morgan fingerprint density at radius 2 is 2.10 bits per heavy atom. The van der Waals surface area contributed by atoms with Gasteiger partial charge in [0.15, 0.2) is 5.65 Å². The van der Waals surface area contributed by atoms with Crippen LogP contribution in [0.1, 0.15) is 5.69 Å². The molecule has 0 atom stereocenters. The van der Waals surface area contributed by atoms with Gasteiger partial charge >= 0.3 is 0 Å². The third kappa shape index (κ3) is 2.32. The molecule has 0 fully saturated rings. The molecular weight excluding hydrogens is 323 g/mol. The van der Waals surface area contributed by atoms with Crippen molar-refractivity contribution in [1.29, 1.82) is 0 Å². The van der Waals surface area contributed by atoms with Crippen LogP contribution in [0.25, 0.3) is 16.9 Å². The number of nitrogens with two attached hydrogens (primary N) is 1. The molecule has 0 aliphatic rings. The molecule has 0 saturated carbocycles. The number of hydrogen-bond acceptors (Lipinski definition) is 3. The molecule has 4 nitrogen and oxygen atoms in total. The van der Waals surface area contributed by atoms with Crippen molar-refractivity contribution in [1.82, 2.24) is 14.6 Å². The molecule has 102 valence electrons. The summed E-state index contributed by atoms with van der Waals surface area (Å²) in [6, 6.07) is 10.0. The maximum absolute atomic E-state index is 13.3. The lowest BCUT2D eigenvalue weighted by atomic mass is 10.1. The fourth-order valence-electron chi connectivity index (χ4n) is 2.05. The van der Waals surface area contributed by atoms with Crippen LogP contribution in [0, 0.1) is 5.82 Å². The summed E-state index contributed by atoms with van der Waals surface area (Å²) in [5.74, 6) is -0.280. The van der Waals surface area contributed by atoms with E-state index in [1.807, 2.05) is 18.2 Å². The van der Waals surface area contributed by atoms with Gasteiger partial charge in [-0.25, -0.2) is 13.9 Å². The molecule has 0 radical (unpaired) electrons. The predicted octanol–water partition coefficient (Wildman–Crippen LogP) is 2.80. The molecule has 2 N–H and O–H groups in total. The largest absolute Gasteiger partial charge is 0.330 e. The Labute approximate surface area is 123 Å². The summed E-state index contributed by atoms with van der Waals surface area (Å²) in [7, 11) is 0. The topological polar surface area (TPSA) is 56.2 Å². The number of imidazole rings is 1. The predicted molar refractivity (Wildman–Crippen MR) is 78.8 cm³/mol. The fraction of sp³-hybridized carbons (Fsp3) is 0.143. The van der Waals surface area contributed by atoms with E-state index in [1.54, 1.807) is 10.6 Å². The van der Waals surface area contributed by atoms with Crippen LogP contribution in [0.2, 0.25) is 0 Å².